The van der Waals surface area contributed by atoms with Gasteiger partial charge in [0.05, 0.1) is 5.69 Å². The first-order valence-corrected chi connectivity index (χ1v) is 7.27. The van der Waals surface area contributed by atoms with E-state index in [2.05, 4.69) is 31.5 Å². The number of halogens is 1. The molecular weight excluding hydrogens is 330 g/mol. The number of nitrogen functional groups attached to an aromatic ring is 1. The van der Waals surface area contributed by atoms with E-state index in [4.69, 9.17) is 5.73 Å². The third kappa shape index (κ3) is 2.54. The molecule has 0 radical (unpaired) electrons. The number of anilines is 1. The Balaban J connectivity index is 2.19. The smallest absolute Gasteiger partial charge is 0.187 e. The first-order chi connectivity index (χ1) is 10.1. The Morgan fingerprint density at radius 1 is 1.14 bits per heavy atom. The van der Waals surface area contributed by atoms with Crippen molar-refractivity contribution in [3.05, 3.63) is 52.0 Å². The first kappa shape index (κ1) is 13.8. The van der Waals surface area contributed by atoms with E-state index in [-0.39, 0.29) is 0 Å². The third-order valence-corrected chi connectivity index (χ3v) is 3.82. The maximum absolute atomic E-state index is 5.98. The van der Waals surface area contributed by atoms with E-state index in [1.165, 1.54) is 0 Å². The van der Waals surface area contributed by atoms with Crippen LogP contribution in [0, 0.1) is 13.8 Å². The van der Waals surface area contributed by atoms with Crippen molar-refractivity contribution in [2.24, 2.45) is 0 Å². The van der Waals surface area contributed by atoms with Gasteiger partial charge in [0.25, 0.3) is 0 Å². The van der Waals surface area contributed by atoms with Crippen molar-refractivity contribution in [1.29, 1.82) is 0 Å². The normalized spacial score (nSPS) is 10.8. The standard InChI is InChI=1S/C15H14BrN5/c1-9-6-11(16)8-12(7-9)21-15(18-19-20-21)13-4-3-5-14(17)10(13)2/h3-8H,17H2,1-2H3. The molecule has 5 nitrogen and oxygen atoms in total. The largest absolute Gasteiger partial charge is 0.398 e. The van der Waals surface area contributed by atoms with Crippen molar-refractivity contribution in [2.45, 2.75) is 13.8 Å². The van der Waals surface area contributed by atoms with Gasteiger partial charge in [0.2, 0.25) is 0 Å². The molecule has 0 aliphatic carbocycles. The van der Waals surface area contributed by atoms with Crippen molar-refractivity contribution >= 4 is 21.6 Å². The maximum atomic E-state index is 5.98. The van der Waals surface area contributed by atoms with Crippen LogP contribution in [0.4, 0.5) is 5.69 Å². The lowest BCUT2D eigenvalue weighted by Crippen LogP contribution is -2.02. The van der Waals surface area contributed by atoms with Crippen LogP contribution >= 0.6 is 15.9 Å². The van der Waals surface area contributed by atoms with E-state index in [0.29, 0.717) is 5.82 Å². The molecular formula is C15H14BrN5. The highest BCUT2D eigenvalue weighted by atomic mass is 79.9. The lowest BCUT2D eigenvalue weighted by atomic mass is 10.1. The molecule has 2 aromatic carbocycles. The molecule has 0 saturated heterocycles. The molecule has 0 aliphatic rings. The van der Waals surface area contributed by atoms with Crippen LogP contribution in [0.3, 0.4) is 0 Å². The molecule has 0 aliphatic heterocycles. The molecule has 0 amide bonds. The summed E-state index contributed by atoms with van der Waals surface area (Å²) in [5, 5.41) is 12.1. The molecule has 21 heavy (non-hydrogen) atoms. The Labute approximate surface area is 130 Å². The van der Waals surface area contributed by atoms with Crippen LogP contribution in [-0.4, -0.2) is 20.2 Å². The average Bonchev–Trinajstić information content (AvgIpc) is 2.90. The Morgan fingerprint density at radius 3 is 2.71 bits per heavy atom. The molecule has 0 saturated carbocycles. The zero-order chi connectivity index (χ0) is 15.0. The summed E-state index contributed by atoms with van der Waals surface area (Å²) in [5.74, 6) is 0.678. The molecule has 0 atom stereocenters. The summed E-state index contributed by atoms with van der Waals surface area (Å²) in [7, 11) is 0. The summed E-state index contributed by atoms with van der Waals surface area (Å²) in [4.78, 5) is 0. The lowest BCUT2D eigenvalue weighted by Gasteiger charge is -2.09. The van der Waals surface area contributed by atoms with Gasteiger partial charge >= 0.3 is 0 Å². The number of hydrogen-bond acceptors (Lipinski definition) is 4. The molecule has 0 spiro atoms. The lowest BCUT2D eigenvalue weighted by molar-refractivity contribution is 0.790. The molecule has 3 aromatic rings. The van der Waals surface area contributed by atoms with E-state index in [1.807, 2.05) is 50.2 Å². The van der Waals surface area contributed by atoms with E-state index in [9.17, 15) is 0 Å². The van der Waals surface area contributed by atoms with Gasteiger partial charge in [-0.1, -0.05) is 28.1 Å². The Bertz CT molecular complexity index is 789. The second-order valence-electron chi connectivity index (χ2n) is 4.92. The van der Waals surface area contributed by atoms with Crippen LogP contribution in [0.25, 0.3) is 17.1 Å². The van der Waals surface area contributed by atoms with Crippen molar-refractivity contribution < 1.29 is 0 Å². The van der Waals surface area contributed by atoms with Crippen molar-refractivity contribution in [3.63, 3.8) is 0 Å². The summed E-state index contributed by atoms with van der Waals surface area (Å²) in [5.41, 5.74) is 10.6. The van der Waals surface area contributed by atoms with Crippen LogP contribution in [-0.2, 0) is 0 Å². The topological polar surface area (TPSA) is 69.6 Å². The number of benzene rings is 2. The molecule has 0 unspecified atom stereocenters. The zero-order valence-electron chi connectivity index (χ0n) is 11.7. The van der Waals surface area contributed by atoms with Crippen LogP contribution in [0.2, 0.25) is 0 Å². The molecule has 1 heterocycles. The van der Waals surface area contributed by atoms with Crippen molar-refractivity contribution in [3.8, 4) is 17.1 Å². The quantitative estimate of drug-likeness (QED) is 0.725. The highest BCUT2D eigenvalue weighted by molar-refractivity contribution is 9.10. The van der Waals surface area contributed by atoms with Gasteiger partial charge in [-0.05, 0) is 59.7 Å². The second kappa shape index (κ2) is 5.29. The van der Waals surface area contributed by atoms with Crippen molar-refractivity contribution in [1.82, 2.24) is 20.2 Å². The van der Waals surface area contributed by atoms with Gasteiger partial charge in [-0.2, -0.15) is 4.68 Å². The molecule has 0 fully saturated rings. The number of hydrogen-bond donors (Lipinski definition) is 1. The minimum atomic E-state index is 0.678. The monoisotopic (exact) mass is 343 g/mol. The van der Waals surface area contributed by atoms with E-state index in [0.717, 1.165) is 32.5 Å². The number of nitrogens with zero attached hydrogens (tertiary/aromatic N) is 4. The van der Waals surface area contributed by atoms with E-state index >= 15 is 0 Å². The number of aromatic nitrogens is 4. The zero-order valence-corrected chi connectivity index (χ0v) is 13.3. The van der Waals surface area contributed by atoms with Gasteiger partial charge < -0.3 is 5.73 Å². The molecule has 0 bridgehead atoms. The van der Waals surface area contributed by atoms with Gasteiger partial charge in [0.1, 0.15) is 0 Å². The van der Waals surface area contributed by atoms with Crippen molar-refractivity contribution in [2.75, 3.05) is 5.73 Å². The number of rotatable bonds is 2. The van der Waals surface area contributed by atoms with Gasteiger partial charge in [-0.25, -0.2) is 0 Å². The predicted octanol–water partition coefficient (Wildman–Crippen LogP) is 3.29. The fourth-order valence-electron chi connectivity index (χ4n) is 2.26. The molecule has 3 rings (SSSR count). The predicted molar refractivity (Wildman–Crippen MR) is 86.2 cm³/mol. The fraction of sp³-hybridized carbons (Fsp3) is 0.133. The molecule has 106 valence electrons. The highest BCUT2D eigenvalue weighted by Gasteiger charge is 2.14. The number of tetrazole rings is 1. The number of aryl methyl sites for hydroxylation is 1. The van der Waals surface area contributed by atoms with Gasteiger partial charge in [0.15, 0.2) is 5.82 Å². The Morgan fingerprint density at radius 2 is 1.95 bits per heavy atom. The second-order valence-corrected chi connectivity index (χ2v) is 5.84. The first-order valence-electron chi connectivity index (χ1n) is 6.47. The summed E-state index contributed by atoms with van der Waals surface area (Å²) in [6.45, 7) is 4.00. The SMILES string of the molecule is Cc1cc(Br)cc(-n2nnnc2-c2cccc(N)c2C)c1. The van der Waals surface area contributed by atoms with E-state index < -0.39 is 0 Å². The summed E-state index contributed by atoms with van der Waals surface area (Å²) in [6.07, 6.45) is 0. The Kier molecular flexibility index (Phi) is 3.47. The van der Waals surface area contributed by atoms with Crippen LogP contribution in [0.1, 0.15) is 11.1 Å². The number of nitrogens with two attached hydrogens (primary N) is 1. The third-order valence-electron chi connectivity index (χ3n) is 3.36. The molecule has 6 heteroatoms. The molecule has 1 aromatic heterocycles. The minimum Gasteiger partial charge on any atom is -0.398 e. The summed E-state index contributed by atoms with van der Waals surface area (Å²) < 4.78 is 2.71. The Hall–Kier alpha value is -2.21. The van der Waals surface area contributed by atoms with Crippen LogP contribution < -0.4 is 5.73 Å². The summed E-state index contributed by atoms with van der Waals surface area (Å²) >= 11 is 3.50. The molecule has 2 N–H and O–H groups in total. The maximum Gasteiger partial charge on any atom is 0.187 e. The van der Waals surface area contributed by atoms with Gasteiger partial charge in [0, 0.05) is 15.7 Å². The van der Waals surface area contributed by atoms with E-state index in [1.54, 1.807) is 4.68 Å². The average molecular weight is 344 g/mol. The van der Waals surface area contributed by atoms with Crippen LogP contribution in [0.5, 0.6) is 0 Å². The van der Waals surface area contributed by atoms with Crippen LogP contribution in [0.15, 0.2) is 40.9 Å². The highest BCUT2D eigenvalue weighted by Crippen LogP contribution is 2.27. The fourth-order valence-corrected chi connectivity index (χ4v) is 2.86. The minimum absolute atomic E-state index is 0.678. The van der Waals surface area contributed by atoms with Gasteiger partial charge in [-0.3, -0.25) is 0 Å². The summed E-state index contributed by atoms with van der Waals surface area (Å²) in [6, 6.07) is 11.8. The van der Waals surface area contributed by atoms with Gasteiger partial charge in [-0.15, -0.1) is 5.10 Å².